The van der Waals surface area contributed by atoms with E-state index in [4.69, 9.17) is 5.73 Å². The number of hydrogen-bond donors (Lipinski definition) is 2. The average molecular weight is 276 g/mol. The monoisotopic (exact) mass is 276 g/mol. The molecule has 0 spiro atoms. The Morgan fingerprint density at radius 1 is 1.05 bits per heavy atom. The number of nitrogen functional groups attached to an aromatic ring is 1. The lowest BCUT2D eigenvalue weighted by Crippen LogP contribution is -1.98. The van der Waals surface area contributed by atoms with Crippen LogP contribution in [0, 0.1) is 6.92 Å². The highest BCUT2D eigenvalue weighted by Crippen LogP contribution is 2.24. The van der Waals surface area contributed by atoms with Crippen LogP contribution < -0.4 is 11.1 Å². The Morgan fingerprint density at radius 3 is 2.76 bits per heavy atom. The van der Waals surface area contributed by atoms with Gasteiger partial charge in [0, 0.05) is 29.3 Å². The molecule has 0 aliphatic heterocycles. The maximum absolute atomic E-state index is 5.83. The highest BCUT2D eigenvalue weighted by molar-refractivity contribution is 5.67. The summed E-state index contributed by atoms with van der Waals surface area (Å²) in [5, 5.41) is 3.31. The fourth-order valence-corrected chi connectivity index (χ4v) is 2.09. The third-order valence-corrected chi connectivity index (χ3v) is 3.23. The van der Waals surface area contributed by atoms with Gasteiger partial charge in [0.05, 0.1) is 5.69 Å². The summed E-state index contributed by atoms with van der Waals surface area (Å²) in [7, 11) is 0. The Bertz CT molecular complexity index is 754. The number of nitrogens with one attached hydrogen (secondary N) is 1. The van der Waals surface area contributed by atoms with Gasteiger partial charge in [-0.1, -0.05) is 12.1 Å². The van der Waals surface area contributed by atoms with Crippen LogP contribution in [0.4, 0.5) is 17.2 Å². The molecule has 0 amide bonds. The minimum Gasteiger partial charge on any atom is -0.399 e. The second-order valence-corrected chi connectivity index (χ2v) is 4.85. The molecule has 4 nitrogen and oxygen atoms in total. The molecule has 4 heteroatoms. The number of pyridine rings is 2. The summed E-state index contributed by atoms with van der Waals surface area (Å²) < 4.78 is 0. The second kappa shape index (κ2) is 5.63. The van der Waals surface area contributed by atoms with Gasteiger partial charge >= 0.3 is 0 Å². The SMILES string of the molecule is Cc1ccc(N)cc1Nc1cccc(-c2cccnc2)n1. The van der Waals surface area contributed by atoms with E-state index in [2.05, 4.69) is 15.3 Å². The molecular weight excluding hydrogens is 260 g/mol. The van der Waals surface area contributed by atoms with Gasteiger partial charge in [-0.05, 0) is 48.9 Å². The van der Waals surface area contributed by atoms with Crippen molar-refractivity contribution in [2.24, 2.45) is 0 Å². The summed E-state index contributed by atoms with van der Waals surface area (Å²) in [5.74, 6) is 0.782. The van der Waals surface area contributed by atoms with Crippen LogP contribution in [0.25, 0.3) is 11.3 Å². The number of benzene rings is 1. The van der Waals surface area contributed by atoms with Gasteiger partial charge < -0.3 is 11.1 Å². The van der Waals surface area contributed by atoms with Crippen LogP contribution in [0.3, 0.4) is 0 Å². The van der Waals surface area contributed by atoms with Crippen molar-refractivity contribution in [2.75, 3.05) is 11.1 Å². The molecule has 3 rings (SSSR count). The van der Waals surface area contributed by atoms with Crippen LogP contribution in [-0.2, 0) is 0 Å². The molecule has 3 N–H and O–H groups in total. The number of nitrogens with zero attached hydrogens (tertiary/aromatic N) is 2. The van der Waals surface area contributed by atoms with Crippen molar-refractivity contribution in [3.63, 3.8) is 0 Å². The quantitative estimate of drug-likeness (QED) is 0.715. The zero-order valence-electron chi connectivity index (χ0n) is 11.7. The van der Waals surface area contributed by atoms with Gasteiger partial charge in [-0.15, -0.1) is 0 Å². The lowest BCUT2D eigenvalue weighted by atomic mass is 10.1. The van der Waals surface area contributed by atoms with Crippen molar-refractivity contribution in [3.8, 4) is 11.3 Å². The van der Waals surface area contributed by atoms with Crippen LogP contribution in [0.15, 0.2) is 60.9 Å². The molecule has 0 radical (unpaired) electrons. The van der Waals surface area contributed by atoms with E-state index < -0.39 is 0 Å². The van der Waals surface area contributed by atoms with Gasteiger partial charge in [0.25, 0.3) is 0 Å². The van der Waals surface area contributed by atoms with Crippen LogP contribution in [0.1, 0.15) is 5.56 Å². The summed E-state index contributed by atoms with van der Waals surface area (Å²) in [4.78, 5) is 8.74. The van der Waals surface area contributed by atoms with Gasteiger partial charge in [0.1, 0.15) is 5.82 Å². The molecule has 0 aliphatic carbocycles. The lowest BCUT2D eigenvalue weighted by molar-refractivity contribution is 1.27. The summed E-state index contributed by atoms with van der Waals surface area (Å²) in [6, 6.07) is 15.6. The van der Waals surface area contributed by atoms with Crippen molar-refractivity contribution < 1.29 is 0 Å². The van der Waals surface area contributed by atoms with E-state index in [0.29, 0.717) is 0 Å². The maximum atomic E-state index is 5.83. The van der Waals surface area contributed by atoms with Gasteiger partial charge in [-0.25, -0.2) is 4.98 Å². The van der Waals surface area contributed by atoms with Crippen LogP contribution in [0.5, 0.6) is 0 Å². The molecule has 3 aromatic rings. The average Bonchev–Trinajstić information content (AvgIpc) is 2.52. The maximum Gasteiger partial charge on any atom is 0.131 e. The Morgan fingerprint density at radius 2 is 1.95 bits per heavy atom. The fraction of sp³-hybridized carbons (Fsp3) is 0.0588. The molecule has 2 aromatic heterocycles. The predicted molar refractivity (Wildman–Crippen MR) is 86.3 cm³/mol. The van der Waals surface area contributed by atoms with E-state index in [-0.39, 0.29) is 0 Å². The van der Waals surface area contributed by atoms with Crippen molar-refractivity contribution in [1.82, 2.24) is 9.97 Å². The minimum absolute atomic E-state index is 0.728. The van der Waals surface area contributed by atoms with Crippen molar-refractivity contribution in [2.45, 2.75) is 6.92 Å². The van der Waals surface area contributed by atoms with Crippen LogP contribution in [-0.4, -0.2) is 9.97 Å². The first kappa shape index (κ1) is 13.1. The molecule has 2 heterocycles. The number of aromatic nitrogens is 2. The van der Waals surface area contributed by atoms with E-state index in [1.54, 1.807) is 12.4 Å². The molecular formula is C17H16N4. The van der Waals surface area contributed by atoms with Crippen molar-refractivity contribution in [1.29, 1.82) is 0 Å². The van der Waals surface area contributed by atoms with Crippen LogP contribution in [0.2, 0.25) is 0 Å². The lowest BCUT2D eigenvalue weighted by Gasteiger charge is -2.10. The number of aryl methyl sites for hydroxylation is 1. The number of anilines is 3. The Labute approximate surface area is 123 Å². The first-order chi connectivity index (χ1) is 10.2. The third-order valence-electron chi connectivity index (χ3n) is 3.23. The minimum atomic E-state index is 0.728. The van der Waals surface area contributed by atoms with Gasteiger partial charge in [-0.3, -0.25) is 4.98 Å². The molecule has 0 unspecified atom stereocenters. The van der Waals surface area contributed by atoms with E-state index in [0.717, 1.165) is 34.0 Å². The normalized spacial score (nSPS) is 10.3. The molecule has 0 saturated heterocycles. The molecule has 104 valence electrons. The van der Waals surface area contributed by atoms with Crippen molar-refractivity contribution in [3.05, 3.63) is 66.5 Å². The number of rotatable bonds is 3. The summed E-state index contributed by atoms with van der Waals surface area (Å²) >= 11 is 0. The zero-order valence-corrected chi connectivity index (χ0v) is 11.7. The number of hydrogen-bond acceptors (Lipinski definition) is 4. The van der Waals surface area contributed by atoms with E-state index in [1.807, 2.05) is 55.5 Å². The molecule has 0 bridgehead atoms. The molecule has 0 aliphatic rings. The second-order valence-electron chi connectivity index (χ2n) is 4.85. The smallest absolute Gasteiger partial charge is 0.131 e. The zero-order chi connectivity index (χ0) is 14.7. The summed E-state index contributed by atoms with van der Waals surface area (Å²) in [5.41, 5.74) is 10.5. The van der Waals surface area contributed by atoms with Gasteiger partial charge in [0.15, 0.2) is 0 Å². The van der Waals surface area contributed by atoms with E-state index in [9.17, 15) is 0 Å². The highest BCUT2D eigenvalue weighted by Gasteiger charge is 2.03. The predicted octanol–water partition coefficient (Wildman–Crippen LogP) is 3.78. The largest absolute Gasteiger partial charge is 0.399 e. The van der Waals surface area contributed by atoms with Crippen LogP contribution >= 0.6 is 0 Å². The van der Waals surface area contributed by atoms with Gasteiger partial charge in [-0.2, -0.15) is 0 Å². The first-order valence-electron chi connectivity index (χ1n) is 6.73. The Hall–Kier alpha value is -2.88. The van der Waals surface area contributed by atoms with Gasteiger partial charge in [0.2, 0.25) is 0 Å². The fourth-order valence-electron chi connectivity index (χ4n) is 2.09. The first-order valence-corrected chi connectivity index (χ1v) is 6.73. The Kier molecular flexibility index (Phi) is 3.51. The molecule has 0 saturated carbocycles. The third kappa shape index (κ3) is 3.00. The molecule has 1 aromatic carbocycles. The molecule has 0 fully saturated rings. The number of nitrogens with two attached hydrogens (primary N) is 1. The Balaban J connectivity index is 1.92. The topological polar surface area (TPSA) is 63.8 Å². The van der Waals surface area contributed by atoms with E-state index >= 15 is 0 Å². The highest BCUT2D eigenvalue weighted by atomic mass is 15.0. The molecule has 21 heavy (non-hydrogen) atoms. The molecule has 0 atom stereocenters. The standard InChI is InChI=1S/C17H16N4/c1-12-7-8-14(18)10-16(12)21-17-6-2-5-15(20-17)13-4-3-9-19-11-13/h2-11H,18H2,1H3,(H,20,21). The summed E-state index contributed by atoms with van der Waals surface area (Å²) in [6.45, 7) is 2.03. The summed E-state index contributed by atoms with van der Waals surface area (Å²) in [6.07, 6.45) is 3.56. The van der Waals surface area contributed by atoms with Crippen molar-refractivity contribution >= 4 is 17.2 Å². The van der Waals surface area contributed by atoms with E-state index in [1.165, 1.54) is 0 Å².